The molecule has 0 aliphatic heterocycles. The van der Waals surface area contributed by atoms with Crippen molar-refractivity contribution in [1.29, 1.82) is 0 Å². The fourth-order valence-corrected chi connectivity index (χ4v) is 3.36. The van der Waals surface area contributed by atoms with E-state index in [9.17, 15) is 4.79 Å². The molecule has 0 fully saturated rings. The zero-order valence-electron chi connectivity index (χ0n) is 11.8. The van der Waals surface area contributed by atoms with Gasteiger partial charge in [-0.05, 0) is 42.6 Å². The van der Waals surface area contributed by atoms with Crippen molar-refractivity contribution < 1.29 is 9.90 Å². The van der Waals surface area contributed by atoms with E-state index in [-0.39, 0.29) is 18.4 Å². The van der Waals surface area contributed by atoms with E-state index in [1.165, 1.54) is 11.1 Å². The van der Waals surface area contributed by atoms with Gasteiger partial charge in [0.25, 0.3) is 0 Å². The molecule has 2 N–H and O–H groups in total. The minimum absolute atomic E-state index is 0.132. The summed E-state index contributed by atoms with van der Waals surface area (Å²) in [6.45, 7) is 0.980. The molecular weight excluding hydrogens is 270 g/mol. The van der Waals surface area contributed by atoms with E-state index < -0.39 is 0 Å². The Kier molecular flexibility index (Phi) is 6.40. The average Bonchev–Trinajstić information content (AvgIpc) is 2.50. The van der Waals surface area contributed by atoms with Gasteiger partial charge in [0.05, 0.1) is 0 Å². The second-order valence-electron chi connectivity index (χ2n) is 5.19. The lowest BCUT2D eigenvalue weighted by atomic mass is 9.83. The second-order valence-corrected chi connectivity index (χ2v) is 6.41. The van der Waals surface area contributed by atoms with Gasteiger partial charge in [-0.2, -0.15) is 11.8 Å². The van der Waals surface area contributed by atoms with E-state index in [0.717, 1.165) is 43.7 Å². The van der Waals surface area contributed by atoms with Gasteiger partial charge in [-0.1, -0.05) is 24.3 Å². The number of thioether (sulfide) groups is 1. The van der Waals surface area contributed by atoms with Crippen LogP contribution < -0.4 is 5.32 Å². The molecule has 0 saturated carbocycles. The van der Waals surface area contributed by atoms with Crippen molar-refractivity contribution in [2.75, 3.05) is 24.7 Å². The van der Waals surface area contributed by atoms with E-state index in [1.807, 2.05) is 0 Å². The minimum atomic E-state index is 0.132. The molecule has 2 rings (SSSR count). The minimum Gasteiger partial charge on any atom is -0.396 e. The van der Waals surface area contributed by atoms with Crippen molar-refractivity contribution in [3.05, 3.63) is 35.4 Å². The number of benzene rings is 1. The van der Waals surface area contributed by atoms with Gasteiger partial charge in [-0.15, -0.1) is 0 Å². The van der Waals surface area contributed by atoms with Gasteiger partial charge in [0.15, 0.2) is 0 Å². The summed E-state index contributed by atoms with van der Waals surface area (Å²) in [5.41, 5.74) is 2.73. The summed E-state index contributed by atoms with van der Waals surface area (Å²) in [6.07, 6.45) is 3.68. The lowest BCUT2D eigenvalue weighted by Crippen LogP contribution is -2.35. The molecule has 20 heavy (non-hydrogen) atoms. The Labute approximate surface area is 125 Å². The Morgan fingerprint density at radius 3 is 2.90 bits per heavy atom. The number of aryl methyl sites for hydroxylation is 1. The highest BCUT2D eigenvalue weighted by atomic mass is 32.2. The smallest absolute Gasteiger partial charge is 0.223 e. The average molecular weight is 293 g/mol. The molecule has 1 aromatic rings. The maximum absolute atomic E-state index is 12.1. The Bertz CT molecular complexity index is 436. The first kappa shape index (κ1) is 15.4. The topological polar surface area (TPSA) is 49.3 Å². The standard InChI is InChI=1S/C16H23NO2S/c18-9-3-10-20-11-8-17-16(19)15-7-6-13-4-1-2-5-14(13)12-15/h1-2,4-5,15,18H,3,6-12H2,(H,17,19). The first-order valence-electron chi connectivity index (χ1n) is 7.34. The van der Waals surface area contributed by atoms with Crippen molar-refractivity contribution in [2.24, 2.45) is 5.92 Å². The van der Waals surface area contributed by atoms with Crippen molar-refractivity contribution >= 4 is 17.7 Å². The van der Waals surface area contributed by atoms with Crippen LogP contribution in [0.3, 0.4) is 0 Å². The molecule has 3 nitrogen and oxygen atoms in total. The maximum atomic E-state index is 12.1. The van der Waals surface area contributed by atoms with Crippen LogP contribution in [-0.4, -0.2) is 35.7 Å². The van der Waals surface area contributed by atoms with Crippen LogP contribution in [0.2, 0.25) is 0 Å². The van der Waals surface area contributed by atoms with Gasteiger partial charge in [-0.25, -0.2) is 0 Å². The number of carbonyl (C=O) groups excluding carboxylic acids is 1. The van der Waals surface area contributed by atoms with Crippen molar-refractivity contribution in [1.82, 2.24) is 5.32 Å². The number of hydrogen-bond acceptors (Lipinski definition) is 3. The molecular formula is C16H23NO2S. The summed E-state index contributed by atoms with van der Waals surface area (Å²) in [5.74, 6) is 2.22. The molecule has 1 aliphatic carbocycles. The number of aliphatic hydroxyl groups is 1. The molecule has 1 aromatic carbocycles. The molecule has 0 radical (unpaired) electrons. The zero-order valence-corrected chi connectivity index (χ0v) is 12.6. The molecule has 1 atom stereocenters. The van der Waals surface area contributed by atoms with Gasteiger partial charge >= 0.3 is 0 Å². The molecule has 0 saturated heterocycles. The van der Waals surface area contributed by atoms with Crippen LogP contribution in [0.5, 0.6) is 0 Å². The number of aliphatic hydroxyl groups excluding tert-OH is 1. The van der Waals surface area contributed by atoms with Crippen molar-refractivity contribution in [3.63, 3.8) is 0 Å². The quantitative estimate of drug-likeness (QED) is 0.756. The van der Waals surface area contributed by atoms with Crippen LogP contribution in [0.25, 0.3) is 0 Å². The fraction of sp³-hybridized carbons (Fsp3) is 0.562. The third kappa shape index (κ3) is 4.53. The third-order valence-corrected chi connectivity index (χ3v) is 4.78. The van der Waals surface area contributed by atoms with Gasteiger partial charge in [0.1, 0.15) is 0 Å². The van der Waals surface area contributed by atoms with Crippen LogP contribution in [0.1, 0.15) is 24.0 Å². The highest BCUT2D eigenvalue weighted by molar-refractivity contribution is 7.99. The summed E-state index contributed by atoms with van der Waals surface area (Å²) in [7, 11) is 0. The molecule has 0 spiro atoms. The number of hydrogen-bond donors (Lipinski definition) is 2. The molecule has 1 amide bonds. The van der Waals surface area contributed by atoms with Crippen LogP contribution in [0.15, 0.2) is 24.3 Å². The Balaban J connectivity index is 1.69. The maximum Gasteiger partial charge on any atom is 0.223 e. The Morgan fingerprint density at radius 2 is 2.10 bits per heavy atom. The number of nitrogens with one attached hydrogen (secondary N) is 1. The van der Waals surface area contributed by atoms with Gasteiger partial charge in [0, 0.05) is 24.8 Å². The van der Waals surface area contributed by atoms with Crippen molar-refractivity contribution in [2.45, 2.75) is 25.7 Å². The van der Waals surface area contributed by atoms with Crippen LogP contribution in [0, 0.1) is 5.92 Å². The summed E-state index contributed by atoms with van der Waals surface area (Å²) < 4.78 is 0. The summed E-state index contributed by atoms with van der Waals surface area (Å²) in [6, 6.07) is 8.43. The van der Waals surface area contributed by atoms with E-state index in [0.29, 0.717) is 0 Å². The lowest BCUT2D eigenvalue weighted by molar-refractivity contribution is -0.125. The number of carbonyl (C=O) groups is 1. The number of amides is 1. The van der Waals surface area contributed by atoms with E-state index in [2.05, 4.69) is 29.6 Å². The third-order valence-electron chi connectivity index (χ3n) is 3.71. The van der Waals surface area contributed by atoms with E-state index in [1.54, 1.807) is 11.8 Å². The molecule has 0 aromatic heterocycles. The first-order valence-corrected chi connectivity index (χ1v) is 8.50. The molecule has 110 valence electrons. The fourth-order valence-electron chi connectivity index (χ4n) is 2.58. The Hall–Kier alpha value is -1.00. The summed E-state index contributed by atoms with van der Waals surface area (Å²) in [5, 5.41) is 11.7. The molecule has 4 heteroatoms. The highest BCUT2D eigenvalue weighted by Crippen LogP contribution is 2.25. The Morgan fingerprint density at radius 1 is 1.30 bits per heavy atom. The molecule has 0 heterocycles. The predicted molar refractivity (Wildman–Crippen MR) is 84.0 cm³/mol. The van der Waals surface area contributed by atoms with Crippen LogP contribution in [0.4, 0.5) is 0 Å². The van der Waals surface area contributed by atoms with Gasteiger partial charge in [0.2, 0.25) is 5.91 Å². The van der Waals surface area contributed by atoms with E-state index >= 15 is 0 Å². The highest BCUT2D eigenvalue weighted by Gasteiger charge is 2.23. The zero-order chi connectivity index (χ0) is 14.2. The predicted octanol–water partition coefficient (Wildman–Crippen LogP) is 2.02. The molecule has 0 bridgehead atoms. The largest absolute Gasteiger partial charge is 0.396 e. The summed E-state index contributed by atoms with van der Waals surface area (Å²) >= 11 is 1.78. The van der Waals surface area contributed by atoms with Crippen molar-refractivity contribution in [3.8, 4) is 0 Å². The SMILES string of the molecule is O=C(NCCSCCCO)C1CCc2ccccc2C1. The normalized spacial score (nSPS) is 17.6. The number of rotatable bonds is 7. The van der Waals surface area contributed by atoms with Gasteiger partial charge in [-0.3, -0.25) is 4.79 Å². The monoisotopic (exact) mass is 293 g/mol. The van der Waals surface area contributed by atoms with Crippen LogP contribution in [-0.2, 0) is 17.6 Å². The first-order chi connectivity index (χ1) is 9.81. The van der Waals surface area contributed by atoms with Crippen LogP contribution >= 0.6 is 11.8 Å². The lowest BCUT2D eigenvalue weighted by Gasteiger charge is -2.23. The second kappa shape index (κ2) is 8.32. The number of fused-ring (bicyclic) bond motifs is 1. The summed E-state index contributed by atoms with van der Waals surface area (Å²) in [4.78, 5) is 12.1. The van der Waals surface area contributed by atoms with E-state index in [4.69, 9.17) is 5.11 Å². The molecule has 1 unspecified atom stereocenters. The van der Waals surface area contributed by atoms with Gasteiger partial charge < -0.3 is 10.4 Å². The molecule has 1 aliphatic rings.